The number of carbonyl (C=O) groups is 1. The van der Waals surface area contributed by atoms with E-state index in [1.54, 1.807) is 0 Å². The van der Waals surface area contributed by atoms with Crippen molar-refractivity contribution in [1.29, 1.82) is 0 Å². The fourth-order valence-corrected chi connectivity index (χ4v) is 2.26. The first-order valence-electron chi connectivity index (χ1n) is 6.52. The zero-order chi connectivity index (χ0) is 17.6. The van der Waals surface area contributed by atoms with Gasteiger partial charge in [0.2, 0.25) is 5.78 Å². The average molecular weight is 341 g/mol. The number of halogens is 5. The van der Waals surface area contributed by atoms with Crippen molar-refractivity contribution in [2.45, 2.75) is 6.18 Å². The molecule has 0 saturated heterocycles. The molecule has 9 heteroatoms. The summed E-state index contributed by atoms with van der Waals surface area (Å²) in [6.45, 7) is 0. The molecule has 24 heavy (non-hydrogen) atoms. The number of hydrogen-bond acceptors (Lipinski definition) is 3. The van der Waals surface area contributed by atoms with Crippen molar-refractivity contribution in [3.63, 3.8) is 0 Å². The summed E-state index contributed by atoms with van der Waals surface area (Å²) in [5.74, 6) is -3.57. The molecule has 4 nitrogen and oxygen atoms in total. The summed E-state index contributed by atoms with van der Waals surface area (Å²) in [6.07, 6.45) is -3.04. The van der Waals surface area contributed by atoms with Crippen LogP contribution in [0.25, 0.3) is 11.0 Å². The molecule has 3 aromatic rings. The summed E-state index contributed by atoms with van der Waals surface area (Å²) in [6, 6.07) is 2.44. The fraction of sp³-hybridized carbons (Fsp3) is 0.0667. The maximum absolute atomic E-state index is 14.0. The summed E-state index contributed by atoms with van der Waals surface area (Å²) in [5.41, 5.74) is 2.48. The summed E-state index contributed by atoms with van der Waals surface area (Å²) in [4.78, 5) is 18.5. The predicted molar refractivity (Wildman–Crippen MR) is 75.3 cm³/mol. The number of anilines is 1. The predicted octanol–water partition coefficient (Wildman–Crippen LogP) is 3.67. The zero-order valence-corrected chi connectivity index (χ0v) is 11.7. The van der Waals surface area contributed by atoms with Crippen LogP contribution in [0.3, 0.4) is 0 Å². The van der Waals surface area contributed by atoms with Gasteiger partial charge < -0.3 is 10.7 Å². The van der Waals surface area contributed by atoms with Gasteiger partial charge in [0.1, 0.15) is 11.5 Å². The van der Waals surface area contributed by atoms with Gasteiger partial charge in [-0.1, -0.05) is 0 Å². The Bertz CT molecular complexity index is 962. The van der Waals surface area contributed by atoms with E-state index in [2.05, 4.69) is 9.97 Å². The highest BCUT2D eigenvalue weighted by molar-refractivity contribution is 6.16. The van der Waals surface area contributed by atoms with Crippen LogP contribution >= 0.6 is 0 Å². The summed E-state index contributed by atoms with van der Waals surface area (Å²) < 4.78 is 66.2. The third-order valence-corrected chi connectivity index (χ3v) is 3.45. The summed E-state index contributed by atoms with van der Waals surface area (Å²) in [7, 11) is 0. The third-order valence-electron chi connectivity index (χ3n) is 3.45. The van der Waals surface area contributed by atoms with Gasteiger partial charge in [-0.15, -0.1) is 0 Å². The highest BCUT2D eigenvalue weighted by Gasteiger charge is 2.32. The lowest BCUT2D eigenvalue weighted by atomic mass is 10.0. The lowest BCUT2D eigenvalue weighted by Gasteiger charge is -2.07. The Morgan fingerprint density at radius 2 is 1.92 bits per heavy atom. The molecule has 0 radical (unpaired) electrons. The molecule has 2 heterocycles. The number of carbonyl (C=O) groups excluding carboxylic acids is 1. The smallest absolute Gasteiger partial charge is 0.396 e. The number of alkyl halides is 3. The first kappa shape index (κ1) is 15.9. The first-order chi connectivity index (χ1) is 11.2. The van der Waals surface area contributed by atoms with Gasteiger partial charge in [-0.3, -0.25) is 4.79 Å². The highest BCUT2D eigenvalue weighted by atomic mass is 19.4. The monoisotopic (exact) mass is 341 g/mol. The molecule has 0 fully saturated rings. The standard InChI is InChI=1S/C15H8F5N3O/c16-9-1-2-10(21)12(17)11(9)13(24)8-5-23-14-7(8)3-6(4-22-14)15(18,19)20/h1-5H,21H2,(H,22,23). The van der Waals surface area contributed by atoms with Crippen LogP contribution in [0.1, 0.15) is 21.5 Å². The molecule has 3 rings (SSSR count). The number of aromatic nitrogens is 2. The molecule has 1 aromatic carbocycles. The Hall–Kier alpha value is -2.97. The Morgan fingerprint density at radius 3 is 2.58 bits per heavy atom. The topological polar surface area (TPSA) is 71.8 Å². The molecular formula is C15H8F5N3O. The summed E-state index contributed by atoms with van der Waals surface area (Å²) >= 11 is 0. The van der Waals surface area contributed by atoms with Gasteiger partial charge in [0, 0.05) is 23.3 Å². The maximum atomic E-state index is 14.0. The number of H-pyrrole nitrogens is 1. The number of nitrogen functional groups attached to an aromatic ring is 1. The Balaban J connectivity index is 2.20. The number of pyridine rings is 1. The Kier molecular flexibility index (Phi) is 3.51. The van der Waals surface area contributed by atoms with Crippen molar-refractivity contribution >= 4 is 22.5 Å². The van der Waals surface area contributed by atoms with E-state index in [0.717, 1.165) is 18.3 Å². The van der Waals surface area contributed by atoms with Gasteiger partial charge in [0.15, 0.2) is 5.82 Å². The Morgan fingerprint density at radius 1 is 1.21 bits per heavy atom. The van der Waals surface area contributed by atoms with Gasteiger partial charge in [-0.05, 0) is 18.2 Å². The van der Waals surface area contributed by atoms with Gasteiger partial charge in [0.25, 0.3) is 0 Å². The number of hydrogen-bond donors (Lipinski definition) is 2. The van der Waals surface area contributed by atoms with Crippen LogP contribution in [-0.2, 0) is 6.18 Å². The van der Waals surface area contributed by atoms with E-state index in [9.17, 15) is 26.7 Å². The molecule has 124 valence electrons. The zero-order valence-electron chi connectivity index (χ0n) is 11.7. The van der Waals surface area contributed by atoms with E-state index in [-0.39, 0.29) is 16.6 Å². The second-order valence-electron chi connectivity index (χ2n) is 4.97. The molecule has 0 aliphatic heterocycles. The van der Waals surface area contributed by atoms with Crippen molar-refractivity contribution in [2.75, 3.05) is 5.73 Å². The average Bonchev–Trinajstić information content (AvgIpc) is 2.93. The van der Waals surface area contributed by atoms with Gasteiger partial charge in [-0.2, -0.15) is 13.2 Å². The fourth-order valence-electron chi connectivity index (χ4n) is 2.26. The number of aromatic amines is 1. The van der Waals surface area contributed by atoms with Crippen molar-refractivity contribution in [3.05, 3.63) is 58.9 Å². The number of benzene rings is 1. The minimum Gasteiger partial charge on any atom is -0.396 e. The van der Waals surface area contributed by atoms with Crippen LogP contribution in [0.2, 0.25) is 0 Å². The molecule has 0 amide bonds. The van der Waals surface area contributed by atoms with E-state index in [4.69, 9.17) is 5.73 Å². The number of fused-ring (bicyclic) bond motifs is 1. The quantitative estimate of drug-likeness (QED) is 0.424. The minimum absolute atomic E-state index is 0.0175. The van der Waals surface area contributed by atoms with Gasteiger partial charge in [0.05, 0.1) is 16.8 Å². The SMILES string of the molecule is Nc1ccc(F)c(C(=O)c2c[nH]c3ncc(C(F)(F)F)cc23)c1F. The molecule has 2 aromatic heterocycles. The van der Waals surface area contributed by atoms with Crippen molar-refractivity contribution in [1.82, 2.24) is 9.97 Å². The normalized spacial score (nSPS) is 11.9. The lowest BCUT2D eigenvalue weighted by Crippen LogP contribution is -2.10. The Labute approximate surface area is 131 Å². The molecule has 0 atom stereocenters. The highest BCUT2D eigenvalue weighted by Crippen LogP contribution is 2.32. The summed E-state index contributed by atoms with van der Waals surface area (Å²) in [5, 5.41) is -0.198. The molecule has 0 saturated carbocycles. The van der Waals surface area contributed by atoms with Crippen molar-refractivity contribution < 1.29 is 26.7 Å². The van der Waals surface area contributed by atoms with Crippen LogP contribution in [0.5, 0.6) is 0 Å². The molecule has 0 bridgehead atoms. The van der Waals surface area contributed by atoms with Crippen LogP contribution in [0.15, 0.2) is 30.6 Å². The van der Waals surface area contributed by atoms with Crippen LogP contribution in [-0.4, -0.2) is 15.8 Å². The minimum atomic E-state index is -4.67. The van der Waals surface area contributed by atoms with E-state index < -0.39 is 40.4 Å². The second kappa shape index (κ2) is 5.29. The number of ketones is 1. The van der Waals surface area contributed by atoms with Crippen LogP contribution in [0, 0.1) is 11.6 Å². The largest absolute Gasteiger partial charge is 0.417 e. The maximum Gasteiger partial charge on any atom is 0.417 e. The lowest BCUT2D eigenvalue weighted by molar-refractivity contribution is -0.137. The molecule has 0 aliphatic carbocycles. The number of nitrogens with two attached hydrogens (primary N) is 1. The number of nitrogens with zero attached hydrogens (tertiary/aromatic N) is 1. The first-order valence-corrected chi connectivity index (χ1v) is 6.52. The van der Waals surface area contributed by atoms with E-state index in [0.29, 0.717) is 12.3 Å². The molecular weight excluding hydrogens is 333 g/mol. The van der Waals surface area contributed by atoms with E-state index in [1.165, 1.54) is 0 Å². The van der Waals surface area contributed by atoms with E-state index in [1.807, 2.05) is 0 Å². The van der Waals surface area contributed by atoms with Crippen molar-refractivity contribution in [3.8, 4) is 0 Å². The third kappa shape index (κ3) is 2.47. The van der Waals surface area contributed by atoms with E-state index >= 15 is 0 Å². The molecule has 3 N–H and O–H groups in total. The molecule has 0 aliphatic rings. The van der Waals surface area contributed by atoms with Gasteiger partial charge in [-0.25, -0.2) is 13.8 Å². The van der Waals surface area contributed by atoms with Gasteiger partial charge >= 0.3 is 6.18 Å². The van der Waals surface area contributed by atoms with Crippen LogP contribution in [0.4, 0.5) is 27.6 Å². The molecule has 0 spiro atoms. The number of rotatable bonds is 2. The van der Waals surface area contributed by atoms with Crippen molar-refractivity contribution in [2.24, 2.45) is 0 Å². The number of nitrogens with one attached hydrogen (secondary N) is 1. The second-order valence-corrected chi connectivity index (χ2v) is 4.97. The van der Waals surface area contributed by atoms with Crippen LogP contribution < -0.4 is 5.73 Å². The molecule has 0 unspecified atom stereocenters.